The zero-order chi connectivity index (χ0) is 21.3. The number of hydrogen-bond donors (Lipinski definition) is 1. The molecule has 0 aliphatic carbocycles. The molecule has 1 saturated heterocycles. The minimum absolute atomic E-state index is 0.0390. The van der Waals surface area contributed by atoms with Crippen molar-refractivity contribution in [1.29, 1.82) is 0 Å². The van der Waals surface area contributed by atoms with Gasteiger partial charge in [-0.1, -0.05) is 6.08 Å². The molecule has 0 aromatic carbocycles. The number of nitrogens with one attached hydrogen (secondary N) is 1. The molecule has 1 aliphatic heterocycles. The Hall–Kier alpha value is -2.46. The molecular formula is C19H25F3N4O3. The maximum atomic E-state index is 13.8. The van der Waals surface area contributed by atoms with Crippen LogP contribution in [-0.4, -0.2) is 84.8 Å². The molecule has 0 radical (unpaired) electrons. The van der Waals surface area contributed by atoms with Gasteiger partial charge >= 0.3 is 6.18 Å². The summed E-state index contributed by atoms with van der Waals surface area (Å²) in [7, 11) is 0. The lowest BCUT2D eigenvalue weighted by Crippen LogP contribution is -2.57. The lowest BCUT2D eigenvalue weighted by atomic mass is 10.1. The van der Waals surface area contributed by atoms with E-state index in [-0.39, 0.29) is 25.1 Å². The minimum atomic E-state index is -4.92. The van der Waals surface area contributed by atoms with E-state index in [1.54, 1.807) is 0 Å². The van der Waals surface area contributed by atoms with E-state index < -0.39 is 24.0 Å². The quantitative estimate of drug-likeness (QED) is 0.620. The van der Waals surface area contributed by atoms with Crippen molar-refractivity contribution in [3.8, 4) is 0 Å². The largest absolute Gasteiger partial charge is 0.417 e. The van der Waals surface area contributed by atoms with Gasteiger partial charge in [0.05, 0.1) is 13.2 Å². The van der Waals surface area contributed by atoms with Crippen LogP contribution in [0.2, 0.25) is 0 Å². The number of alkyl halides is 3. The van der Waals surface area contributed by atoms with E-state index in [0.717, 1.165) is 0 Å². The fraction of sp³-hybridized carbons (Fsp3) is 0.526. The summed E-state index contributed by atoms with van der Waals surface area (Å²) in [6.45, 7) is 6.03. The van der Waals surface area contributed by atoms with Crippen LogP contribution < -0.4 is 5.32 Å². The number of morpholine rings is 1. The first-order valence-corrected chi connectivity index (χ1v) is 9.31. The molecular weight excluding hydrogens is 389 g/mol. The fourth-order valence-corrected chi connectivity index (χ4v) is 3.03. The van der Waals surface area contributed by atoms with Crippen LogP contribution in [0.25, 0.3) is 0 Å². The second-order valence-electron chi connectivity index (χ2n) is 6.52. The predicted octanol–water partition coefficient (Wildman–Crippen LogP) is 1.48. The standard InChI is InChI=1S/C19H25F3N4O3/c1-2-6-24-17(27)16(19(20,21)22)26(18(28)15-4-7-23-8-5-15)10-3-9-25-11-13-29-14-12-25/h2,4-5,7-8,16H,1,3,6,9-14H2,(H,24,27). The molecule has 1 atom stereocenters. The van der Waals surface area contributed by atoms with E-state index in [1.807, 2.05) is 0 Å². The molecule has 1 fully saturated rings. The smallest absolute Gasteiger partial charge is 0.379 e. The highest BCUT2D eigenvalue weighted by atomic mass is 19.4. The van der Waals surface area contributed by atoms with Gasteiger partial charge in [0.2, 0.25) is 6.04 Å². The maximum Gasteiger partial charge on any atom is 0.417 e. The summed E-state index contributed by atoms with van der Waals surface area (Å²) in [6.07, 6.45) is -0.719. The van der Waals surface area contributed by atoms with Crippen LogP contribution in [0.1, 0.15) is 16.8 Å². The van der Waals surface area contributed by atoms with Crippen LogP contribution >= 0.6 is 0 Å². The van der Waals surface area contributed by atoms with Crippen molar-refractivity contribution in [3.05, 3.63) is 42.7 Å². The van der Waals surface area contributed by atoms with Crippen LogP contribution in [0.5, 0.6) is 0 Å². The molecule has 160 valence electrons. The van der Waals surface area contributed by atoms with Crippen molar-refractivity contribution in [2.24, 2.45) is 0 Å². The zero-order valence-corrected chi connectivity index (χ0v) is 16.0. The summed E-state index contributed by atoms with van der Waals surface area (Å²) in [5.74, 6) is -2.16. The molecule has 2 amide bonds. The molecule has 2 rings (SSSR count). The molecule has 1 N–H and O–H groups in total. The van der Waals surface area contributed by atoms with Crippen LogP contribution in [-0.2, 0) is 9.53 Å². The van der Waals surface area contributed by atoms with Crippen molar-refractivity contribution < 1.29 is 27.5 Å². The Kier molecular flexibility index (Phi) is 8.59. The van der Waals surface area contributed by atoms with Gasteiger partial charge in [-0.2, -0.15) is 13.2 Å². The summed E-state index contributed by atoms with van der Waals surface area (Å²) in [5, 5.41) is 2.16. The number of aromatic nitrogens is 1. The van der Waals surface area contributed by atoms with Crippen molar-refractivity contribution in [3.63, 3.8) is 0 Å². The molecule has 1 unspecified atom stereocenters. The van der Waals surface area contributed by atoms with Crippen LogP contribution in [0.3, 0.4) is 0 Å². The highest BCUT2D eigenvalue weighted by Crippen LogP contribution is 2.27. The lowest BCUT2D eigenvalue weighted by Gasteiger charge is -2.33. The number of pyridine rings is 1. The maximum absolute atomic E-state index is 13.8. The molecule has 2 heterocycles. The number of rotatable bonds is 9. The third-order valence-electron chi connectivity index (χ3n) is 4.46. The number of carbonyl (C=O) groups excluding carboxylic acids is 2. The third kappa shape index (κ3) is 6.82. The van der Waals surface area contributed by atoms with Gasteiger partial charge in [-0.15, -0.1) is 6.58 Å². The van der Waals surface area contributed by atoms with Gasteiger partial charge in [-0.25, -0.2) is 0 Å². The number of carbonyl (C=O) groups is 2. The van der Waals surface area contributed by atoms with Crippen LogP contribution in [0.15, 0.2) is 37.2 Å². The summed E-state index contributed by atoms with van der Waals surface area (Å²) >= 11 is 0. The van der Waals surface area contributed by atoms with Crippen molar-refractivity contribution >= 4 is 11.8 Å². The van der Waals surface area contributed by atoms with E-state index >= 15 is 0 Å². The van der Waals surface area contributed by atoms with Gasteiger partial charge in [-0.05, 0) is 18.6 Å². The Morgan fingerprint density at radius 1 is 1.31 bits per heavy atom. The monoisotopic (exact) mass is 414 g/mol. The molecule has 1 aromatic heterocycles. The molecule has 0 bridgehead atoms. The summed E-state index contributed by atoms with van der Waals surface area (Å²) in [4.78, 5) is 31.6. The first-order valence-electron chi connectivity index (χ1n) is 9.31. The van der Waals surface area contributed by atoms with Crippen LogP contribution in [0, 0.1) is 0 Å². The minimum Gasteiger partial charge on any atom is -0.379 e. The fourth-order valence-electron chi connectivity index (χ4n) is 3.03. The molecule has 29 heavy (non-hydrogen) atoms. The normalized spacial score (nSPS) is 16.1. The average molecular weight is 414 g/mol. The Morgan fingerprint density at radius 3 is 2.55 bits per heavy atom. The SMILES string of the molecule is C=CCNC(=O)C(N(CCCN1CCOCC1)C(=O)c1ccncc1)C(F)(F)F. The molecule has 10 heteroatoms. The first-order chi connectivity index (χ1) is 13.8. The summed E-state index contributed by atoms with van der Waals surface area (Å²) in [6, 6.07) is 0.0616. The Labute approximate surface area is 167 Å². The zero-order valence-electron chi connectivity index (χ0n) is 16.0. The van der Waals surface area contributed by atoms with E-state index in [9.17, 15) is 22.8 Å². The highest BCUT2D eigenvalue weighted by Gasteiger charge is 2.50. The molecule has 1 aliphatic rings. The summed E-state index contributed by atoms with van der Waals surface area (Å²) in [5.41, 5.74) is 0.0390. The Bertz CT molecular complexity index is 679. The molecule has 7 nitrogen and oxygen atoms in total. The van der Waals surface area contributed by atoms with Gasteiger partial charge in [0.1, 0.15) is 0 Å². The van der Waals surface area contributed by atoms with Crippen LogP contribution in [0.4, 0.5) is 13.2 Å². The molecule has 0 spiro atoms. The van der Waals surface area contributed by atoms with E-state index in [0.29, 0.717) is 37.7 Å². The first kappa shape index (κ1) is 22.8. The van der Waals surface area contributed by atoms with Gasteiger partial charge in [-0.3, -0.25) is 19.5 Å². The average Bonchev–Trinajstić information content (AvgIpc) is 2.71. The molecule has 0 saturated carbocycles. The van der Waals surface area contributed by atoms with E-state index in [1.165, 1.54) is 30.6 Å². The Morgan fingerprint density at radius 2 is 1.97 bits per heavy atom. The number of halogens is 3. The van der Waals surface area contributed by atoms with Gasteiger partial charge < -0.3 is 15.0 Å². The highest BCUT2D eigenvalue weighted by molar-refractivity contribution is 5.97. The number of amides is 2. The number of hydrogen-bond acceptors (Lipinski definition) is 5. The topological polar surface area (TPSA) is 74.8 Å². The van der Waals surface area contributed by atoms with Crippen molar-refractivity contribution in [2.45, 2.75) is 18.6 Å². The number of nitrogens with zero attached hydrogens (tertiary/aromatic N) is 3. The Balaban J connectivity index is 2.21. The van der Waals surface area contributed by atoms with Gasteiger partial charge in [0.15, 0.2) is 0 Å². The van der Waals surface area contributed by atoms with E-state index in [2.05, 4.69) is 21.8 Å². The van der Waals surface area contributed by atoms with Gasteiger partial charge in [0, 0.05) is 50.7 Å². The second-order valence-corrected chi connectivity index (χ2v) is 6.52. The second kappa shape index (κ2) is 10.9. The predicted molar refractivity (Wildman–Crippen MR) is 100 cm³/mol. The third-order valence-corrected chi connectivity index (χ3v) is 4.46. The van der Waals surface area contributed by atoms with Crippen molar-refractivity contribution in [2.75, 3.05) is 45.9 Å². The van der Waals surface area contributed by atoms with E-state index in [4.69, 9.17) is 4.74 Å². The molecule has 1 aromatic rings. The van der Waals surface area contributed by atoms with Crippen molar-refractivity contribution in [1.82, 2.24) is 20.1 Å². The lowest BCUT2D eigenvalue weighted by molar-refractivity contribution is -0.184. The number of ether oxygens (including phenoxy) is 1. The van der Waals surface area contributed by atoms with Gasteiger partial charge in [0.25, 0.3) is 11.8 Å². The summed E-state index contributed by atoms with van der Waals surface area (Å²) < 4.78 is 46.6.